The normalized spacial score (nSPS) is 16.6. The SMILES string of the molecule is CCNC(=O)c1cccc(C2(CON)CC2)c1. The number of amides is 1. The Morgan fingerprint density at radius 3 is 2.88 bits per heavy atom. The minimum atomic E-state index is -0.0289. The molecule has 17 heavy (non-hydrogen) atoms. The van der Waals surface area contributed by atoms with Crippen LogP contribution < -0.4 is 11.2 Å². The lowest BCUT2D eigenvalue weighted by Crippen LogP contribution is -2.24. The van der Waals surface area contributed by atoms with Crippen molar-refractivity contribution < 1.29 is 9.63 Å². The Hall–Kier alpha value is -1.39. The van der Waals surface area contributed by atoms with Gasteiger partial charge in [-0.2, -0.15) is 0 Å². The summed E-state index contributed by atoms with van der Waals surface area (Å²) in [6, 6.07) is 7.72. The Balaban J connectivity index is 2.20. The zero-order chi connectivity index (χ0) is 12.3. The average Bonchev–Trinajstić information content (AvgIpc) is 3.11. The fourth-order valence-corrected chi connectivity index (χ4v) is 2.08. The molecular weight excluding hydrogens is 216 g/mol. The monoisotopic (exact) mass is 234 g/mol. The minimum absolute atomic E-state index is 0.0289. The average molecular weight is 234 g/mol. The highest BCUT2D eigenvalue weighted by atomic mass is 16.6. The van der Waals surface area contributed by atoms with Gasteiger partial charge in [0.1, 0.15) is 0 Å². The molecule has 1 aliphatic rings. The van der Waals surface area contributed by atoms with Gasteiger partial charge in [-0.3, -0.25) is 4.79 Å². The number of carbonyl (C=O) groups excluding carboxylic acids is 1. The first-order chi connectivity index (χ1) is 8.22. The van der Waals surface area contributed by atoms with Crippen molar-refractivity contribution in [1.82, 2.24) is 5.32 Å². The third kappa shape index (κ3) is 2.48. The van der Waals surface area contributed by atoms with E-state index in [1.165, 1.54) is 0 Å². The number of hydrogen-bond donors (Lipinski definition) is 2. The quantitative estimate of drug-likeness (QED) is 0.756. The standard InChI is InChI=1S/C13H18N2O2/c1-2-15-12(16)10-4-3-5-11(8-10)13(6-7-13)9-17-14/h3-5,8H,2,6-7,9,14H2,1H3,(H,15,16). The van der Waals surface area contributed by atoms with Gasteiger partial charge in [-0.25, -0.2) is 5.90 Å². The summed E-state index contributed by atoms with van der Waals surface area (Å²) in [5.41, 5.74) is 1.89. The highest BCUT2D eigenvalue weighted by molar-refractivity contribution is 5.94. The summed E-state index contributed by atoms with van der Waals surface area (Å²) in [4.78, 5) is 16.5. The van der Waals surface area contributed by atoms with Crippen molar-refractivity contribution in [3.05, 3.63) is 35.4 Å². The van der Waals surface area contributed by atoms with Crippen LogP contribution in [0.15, 0.2) is 24.3 Å². The van der Waals surface area contributed by atoms with E-state index in [1.807, 2.05) is 31.2 Å². The molecule has 4 nitrogen and oxygen atoms in total. The van der Waals surface area contributed by atoms with Crippen molar-refractivity contribution in [2.45, 2.75) is 25.2 Å². The lowest BCUT2D eigenvalue weighted by molar-refractivity contribution is 0.0955. The molecule has 0 aromatic heterocycles. The van der Waals surface area contributed by atoms with Crippen LogP contribution in [0.1, 0.15) is 35.7 Å². The van der Waals surface area contributed by atoms with Gasteiger partial charge in [0, 0.05) is 17.5 Å². The maximum Gasteiger partial charge on any atom is 0.251 e. The molecule has 4 heteroatoms. The largest absolute Gasteiger partial charge is 0.352 e. The van der Waals surface area contributed by atoms with Crippen LogP contribution in [-0.4, -0.2) is 19.1 Å². The molecule has 2 rings (SSSR count). The van der Waals surface area contributed by atoms with E-state index in [9.17, 15) is 4.79 Å². The van der Waals surface area contributed by atoms with E-state index in [4.69, 9.17) is 10.7 Å². The topological polar surface area (TPSA) is 64.3 Å². The Bertz CT molecular complexity index is 414. The number of hydrogen-bond acceptors (Lipinski definition) is 3. The van der Waals surface area contributed by atoms with Crippen molar-refractivity contribution in [3.8, 4) is 0 Å². The number of nitrogens with one attached hydrogen (secondary N) is 1. The summed E-state index contributed by atoms with van der Waals surface area (Å²) < 4.78 is 0. The summed E-state index contributed by atoms with van der Waals surface area (Å²) >= 11 is 0. The summed E-state index contributed by atoms with van der Waals surface area (Å²) in [7, 11) is 0. The zero-order valence-corrected chi connectivity index (χ0v) is 10.0. The Kier molecular flexibility index (Phi) is 3.45. The molecule has 1 saturated carbocycles. The molecule has 0 spiro atoms. The molecule has 0 atom stereocenters. The fourth-order valence-electron chi connectivity index (χ4n) is 2.08. The molecule has 92 valence electrons. The van der Waals surface area contributed by atoms with Crippen molar-refractivity contribution in [3.63, 3.8) is 0 Å². The predicted molar refractivity (Wildman–Crippen MR) is 65.5 cm³/mol. The molecule has 0 bridgehead atoms. The minimum Gasteiger partial charge on any atom is -0.352 e. The van der Waals surface area contributed by atoms with Crippen LogP contribution >= 0.6 is 0 Å². The van der Waals surface area contributed by atoms with Crippen molar-refractivity contribution in [2.24, 2.45) is 5.90 Å². The van der Waals surface area contributed by atoms with E-state index >= 15 is 0 Å². The van der Waals surface area contributed by atoms with Gasteiger partial charge in [-0.05, 0) is 37.5 Å². The first kappa shape index (κ1) is 12.1. The van der Waals surface area contributed by atoms with Gasteiger partial charge in [-0.15, -0.1) is 0 Å². The third-order valence-corrected chi connectivity index (χ3v) is 3.29. The molecule has 0 saturated heterocycles. The first-order valence-corrected chi connectivity index (χ1v) is 5.92. The Morgan fingerprint density at radius 2 is 2.29 bits per heavy atom. The van der Waals surface area contributed by atoms with Gasteiger partial charge in [0.25, 0.3) is 5.91 Å². The van der Waals surface area contributed by atoms with E-state index in [2.05, 4.69) is 5.32 Å². The molecular formula is C13H18N2O2. The van der Waals surface area contributed by atoms with Gasteiger partial charge >= 0.3 is 0 Å². The molecule has 0 radical (unpaired) electrons. The van der Waals surface area contributed by atoms with E-state index in [0.717, 1.165) is 18.4 Å². The van der Waals surface area contributed by atoms with Crippen LogP contribution in [0.5, 0.6) is 0 Å². The molecule has 3 N–H and O–H groups in total. The van der Waals surface area contributed by atoms with Crippen LogP contribution in [0.2, 0.25) is 0 Å². The molecule has 0 heterocycles. The molecule has 0 aliphatic heterocycles. The maximum absolute atomic E-state index is 11.7. The zero-order valence-electron chi connectivity index (χ0n) is 10.0. The van der Waals surface area contributed by atoms with E-state index in [1.54, 1.807) is 0 Å². The summed E-state index contributed by atoms with van der Waals surface area (Å²) in [6.45, 7) is 3.07. The second kappa shape index (κ2) is 4.85. The lowest BCUT2D eigenvalue weighted by Gasteiger charge is -2.14. The second-order valence-corrected chi connectivity index (χ2v) is 4.53. The molecule has 1 aliphatic carbocycles. The van der Waals surface area contributed by atoms with E-state index < -0.39 is 0 Å². The Labute approximate surface area is 101 Å². The molecule has 1 fully saturated rings. The fraction of sp³-hybridized carbons (Fsp3) is 0.462. The molecule has 1 aromatic rings. The third-order valence-electron chi connectivity index (χ3n) is 3.29. The lowest BCUT2D eigenvalue weighted by atomic mass is 9.95. The van der Waals surface area contributed by atoms with Crippen LogP contribution in [0.25, 0.3) is 0 Å². The van der Waals surface area contributed by atoms with E-state index in [-0.39, 0.29) is 11.3 Å². The summed E-state index contributed by atoms with van der Waals surface area (Å²) in [6.07, 6.45) is 2.14. The van der Waals surface area contributed by atoms with Crippen LogP contribution in [0.3, 0.4) is 0 Å². The first-order valence-electron chi connectivity index (χ1n) is 5.92. The van der Waals surface area contributed by atoms with Crippen LogP contribution in [0, 0.1) is 0 Å². The highest BCUT2D eigenvalue weighted by Gasteiger charge is 2.44. The number of nitrogens with two attached hydrogens (primary N) is 1. The van der Waals surface area contributed by atoms with Gasteiger partial charge in [-0.1, -0.05) is 12.1 Å². The highest BCUT2D eigenvalue weighted by Crippen LogP contribution is 2.48. The number of rotatable bonds is 5. The Morgan fingerprint density at radius 1 is 1.53 bits per heavy atom. The molecule has 0 unspecified atom stereocenters. The number of benzene rings is 1. The van der Waals surface area contributed by atoms with Gasteiger partial charge in [0.2, 0.25) is 0 Å². The second-order valence-electron chi connectivity index (χ2n) is 4.53. The molecule has 1 aromatic carbocycles. The van der Waals surface area contributed by atoms with Crippen molar-refractivity contribution in [1.29, 1.82) is 0 Å². The summed E-state index contributed by atoms with van der Waals surface area (Å²) in [5.74, 6) is 5.13. The van der Waals surface area contributed by atoms with Crippen LogP contribution in [0.4, 0.5) is 0 Å². The predicted octanol–water partition coefficient (Wildman–Crippen LogP) is 1.36. The van der Waals surface area contributed by atoms with Crippen LogP contribution in [-0.2, 0) is 10.3 Å². The van der Waals surface area contributed by atoms with Gasteiger partial charge < -0.3 is 10.2 Å². The smallest absolute Gasteiger partial charge is 0.251 e. The van der Waals surface area contributed by atoms with Gasteiger partial charge in [0.05, 0.1) is 6.61 Å². The van der Waals surface area contributed by atoms with E-state index in [0.29, 0.717) is 18.7 Å². The van der Waals surface area contributed by atoms with Gasteiger partial charge in [0.15, 0.2) is 0 Å². The summed E-state index contributed by atoms with van der Waals surface area (Å²) in [5, 5.41) is 2.80. The maximum atomic E-state index is 11.7. The number of carbonyl (C=O) groups is 1. The molecule has 1 amide bonds. The van der Waals surface area contributed by atoms with Crippen molar-refractivity contribution >= 4 is 5.91 Å². The van der Waals surface area contributed by atoms with Crippen molar-refractivity contribution in [2.75, 3.05) is 13.2 Å².